The molecule has 1 aromatic carbocycles. The zero-order valence-electron chi connectivity index (χ0n) is 19.4. The lowest BCUT2D eigenvalue weighted by Gasteiger charge is -2.43. The minimum atomic E-state index is -0.981. The summed E-state index contributed by atoms with van der Waals surface area (Å²) < 4.78 is 12.0. The summed E-state index contributed by atoms with van der Waals surface area (Å²) in [5.41, 5.74) is 0.898. The third-order valence-corrected chi connectivity index (χ3v) is 8.10. The van der Waals surface area contributed by atoms with Crippen molar-refractivity contribution in [1.29, 1.82) is 0 Å². The number of piperidine rings is 1. The highest BCUT2D eigenvalue weighted by Crippen LogP contribution is 2.60. The van der Waals surface area contributed by atoms with Crippen molar-refractivity contribution in [3.63, 3.8) is 0 Å². The molecule has 0 unspecified atom stereocenters. The molecule has 4 aliphatic heterocycles. The first kappa shape index (κ1) is 21.4. The number of nitrogens with zero attached hydrogens (tertiary/aromatic N) is 1. The predicted octanol–water partition coefficient (Wildman–Crippen LogP) is 3.84. The highest BCUT2D eigenvalue weighted by atomic mass is 16.5. The summed E-state index contributed by atoms with van der Waals surface area (Å²) in [5, 5.41) is 3.00. The third-order valence-electron chi connectivity index (χ3n) is 8.10. The average Bonchev–Trinajstić information content (AvgIpc) is 3.59. The average molecular weight is 461 g/mol. The summed E-state index contributed by atoms with van der Waals surface area (Å²) >= 11 is 0. The number of hydrogen-bond acceptors (Lipinski definition) is 5. The Balaban J connectivity index is 1.34. The molecule has 3 fully saturated rings. The molecule has 7 heteroatoms. The second-order valence-corrected chi connectivity index (χ2v) is 10.2. The second-order valence-electron chi connectivity index (χ2n) is 10.2. The maximum Gasteiger partial charge on any atom is 0.231 e. The molecule has 2 amide bonds. The van der Waals surface area contributed by atoms with Gasteiger partial charge in [-0.2, -0.15) is 0 Å². The van der Waals surface area contributed by atoms with Crippen LogP contribution in [0.25, 0.3) is 0 Å². The first-order valence-electron chi connectivity index (χ1n) is 12.0. The van der Waals surface area contributed by atoms with E-state index < -0.39 is 41.5 Å². The molecular weight excluding hydrogens is 432 g/mol. The van der Waals surface area contributed by atoms with Crippen molar-refractivity contribution in [1.82, 2.24) is 4.90 Å². The summed E-state index contributed by atoms with van der Waals surface area (Å²) in [6, 6.07) is 10.4. The van der Waals surface area contributed by atoms with E-state index >= 15 is 0 Å². The number of rotatable bonds is 4. The van der Waals surface area contributed by atoms with E-state index in [2.05, 4.69) is 19.2 Å². The van der Waals surface area contributed by atoms with Crippen molar-refractivity contribution in [2.24, 2.45) is 17.8 Å². The number of carbonyl (C=O) groups is 3. The van der Waals surface area contributed by atoms with Crippen molar-refractivity contribution in [2.75, 3.05) is 5.32 Å². The van der Waals surface area contributed by atoms with Crippen LogP contribution in [0.3, 0.4) is 0 Å². The fourth-order valence-corrected chi connectivity index (χ4v) is 6.44. The number of amides is 2. The van der Waals surface area contributed by atoms with Crippen LogP contribution < -0.4 is 5.32 Å². The Morgan fingerprint density at radius 3 is 2.62 bits per heavy atom. The summed E-state index contributed by atoms with van der Waals surface area (Å²) in [4.78, 5) is 42.2. The van der Waals surface area contributed by atoms with Crippen LogP contribution in [0.5, 0.6) is 0 Å². The fraction of sp³-hybridized carbons (Fsp3) is 0.444. The Labute approximate surface area is 198 Å². The highest BCUT2D eigenvalue weighted by Gasteiger charge is 2.74. The van der Waals surface area contributed by atoms with Crippen LogP contribution in [-0.4, -0.2) is 40.2 Å². The first-order chi connectivity index (χ1) is 16.3. The molecule has 6 rings (SSSR count). The molecule has 34 heavy (non-hydrogen) atoms. The molecule has 5 heterocycles. The Morgan fingerprint density at radius 2 is 1.94 bits per heavy atom. The van der Waals surface area contributed by atoms with Crippen molar-refractivity contribution in [3.8, 4) is 0 Å². The lowest BCUT2D eigenvalue weighted by atomic mass is 9.70. The van der Waals surface area contributed by atoms with Crippen molar-refractivity contribution < 1.29 is 23.5 Å². The Hall–Kier alpha value is -3.19. The molecule has 0 aliphatic carbocycles. The van der Waals surface area contributed by atoms with Crippen LogP contribution in [0, 0.1) is 17.8 Å². The van der Waals surface area contributed by atoms with Crippen LogP contribution >= 0.6 is 0 Å². The number of anilines is 1. The van der Waals surface area contributed by atoms with Gasteiger partial charge in [-0.25, -0.2) is 0 Å². The molecule has 1 N–H and O–H groups in total. The monoisotopic (exact) mass is 460 g/mol. The van der Waals surface area contributed by atoms with E-state index in [0.29, 0.717) is 17.4 Å². The second kappa shape index (κ2) is 7.40. The highest BCUT2D eigenvalue weighted by molar-refractivity contribution is 6.00. The van der Waals surface area contributed by atoms with Gasteiger partial charge in [-0.15, -0.1) is 0 Å². The van der Waals surface area contributed by atoms with Gasteiger partial charge in [0.15, 0.2) is 0 Å². The van der Waals surface area contributed by atoms with E-state index in [1.165, 1.54) is 5.56 Å². The lowest BCUT2D eigenvalue weighted by Crippen LogP contribution is -2.55. The molecule has 7 nitrogen and oxygen atoms in total. The Morgan fingerprint density at radius 1 is 1.18 bits per heavy atom. The molecule has 4 aliphatic rings. The fourth-order valence-electron chi connectivity index (χ4n) is 6.44. The van der Waals surface area contributed by atoms with Gasteiger partial charge >= 0.3 is 0 Å². The van der Waals surface area contributed by atoms with Crippen molar-refractivity contribution >= 4 is 23.3 Å². The topological polar surface area (TPSA) is 88.8 Å². The van der Waals surface area contributed by atoms with E-state index in [9.17, 15) is 14.4 Å². The molecule has 0 radical (unpaired) electrons. The number of furan rings is 1. The smallest absolute Gasteiger partial charge is 0.231 e. The molecular formula is C27H28N2O5. The number of ketones is 1. The standard InChI is InChI=1S/C27H28N2O5/c1-14(2)16-6-8-17(9-7-16)28-25(31)22-21-10-11-27(34-21)23(22)26(32)29-18(20-5-4-12-33-20)13-19(30)15(3)24(27)29/h4-12,14-15,18,21-24H,13H2,1-3H3,(H,28,31)/t15-,18+,21-,22+,23-,24-,27-/m0/s1. The number of hydrogen-bond donors (Lipinski definition) is 1. The minimum absolute atomic E-state index is 0.0732. The van der Waals surface area contributed by atoms with Gasteiger partial charge in [0.1, 0.15) is 17.1 Å². The SMILES string of the molecule is CC(C)c1ccc(NC(=O)[C@@H]2[C@@H]3C=C[C@]4(O3)[C@@H]2C(=O)N2[C@@H](c3ccco3)CC(=O)[C@H](C)[C@H]24)cc1. The molecule has 176 valence electrons. The Kier molecular flexibility index (Phi) is 4.65. The summed E-state index contributed by atoms with van der Waals surface area (Å²) in [6.07, 6.45) is 5.06. The van der Waals surface area contributed by atoms with Gasteiger partial charge in [0.25, 0.3) is 0 Å². The van der Waals surface area contributed by atoms with Crippen LogP contribution in [0.4, 0.5) is 5.69 Å². The summed E-state index contributed by atoms with van der Waals surface area (Å²) in [7, 11) is 0. The normalized spacial score (nSPS) is 35.7. The number of benzene rings is 1. The van der Waals surface area contributed by atoms with Crippen LogP contribution in [0.15, 0.2) is 59.2 Å². The Bertz CT molecular complexity index is 1180. The zero-order chi connectivity index (χ0) is 23.8. The van der Waals surface area contributed by atoms with Crippen LogP contribution in [0.2, 0.25) is 0 Å². The van der Waals surface area contributed by atoms with E-state index in [-0.39, 0.29) is 24.0 Å². The van der Waals surface area contributed by atoms with Crippen LogP contribution in [-0.2, 0) is 19.1 Å². The maximum absolute atomic E-state index is 13.9. The number of carbonyl (C=O) groups excluding carboxylic acids is 3. The van der Waals surface area contributed by atoms with E-state index in [4.69, 9.17) is 9.15 Å². The molecule has 2 bridgehead atoms. The molecule has 1 spiro atoms. The number of Topliss-reactive ketones (excluding diaryl/α,β-unsaturated/α-hetero) is 1. The number of nitrogens with one attached hydrogen (secondary N) is 1. The van der Waals surface area contributed by atoms with Gasteiger partial charge in [-0.05, 0) is 35.7 Å². The number of fused-ring (bicyclic) bond motifs is 2. The van der Waals surface area contributed by atoms with Crippen molar-refractivity contribution in [2.45, 2.75) is 56.9 Å². The summed E-state index contributed by atoms with van der Waals surface area (Å²) in [5.74, 6) is -1.05. The van der Waals surface area contributed by atoms with Gasteiger partial charge in [-0.3, -0.25) is 14.4 Å². The third kappa shape index (κ3) is 2.83. The number of ether oxygens (including phenoxy) is 1. The molecule has 1 aromatic heterocycles. The lowest BCUT2D eigenvalue weighted by molar-refractivity contribution is -0.147. The van der Waals surface area contributed by atoms with Gasteiger partial charge in [0.05, 0.1) is 36.3 Å². The van der Waals surface area contributed by atoms with Gasteiger partial charge in [0, 0.05) is 18.0 Å². The van der Waals surface area contributed by atoms with Gasteiger partial charge in [-0.1, -0.05) is 45.1 Å². The maximum atomic E-state index is 13.9. The summed E-state index contributed by atoms with van der Waals surface area (Å²) in [6.45, 7) is 6.10. The van der Waals surface area contributed by atoms with Gasteiger partial charge in [0.2, 0.25) is 11.8 Å². The quantitative estimate of drug-likeness (QED) is 0.701. The molecule has 0 saturated carbocycles. The van der Waals surface area contributed by atoms with Gasteiger partial charge < -0.3 is 19.4 Å². The first-order valence-corrected chi connectivity index (χ1v) is 12.0. The zero-order valence-corrected chi connectivity index (χ0v) is 19.4. The molecule has 7 atom stereocenters. The van der Waals surface area contributed by atoms with E-state index in [1.54, 1.807) is 23.3 Å². The van der Waals surface area contributed by atoms with E-state index in [1.807, 2.05) is 43.3 Å². The minimum Gasteiger partial charge on any atom is -0.467 e. The van der Waals surface area contributed by atoms with Crippen LogP contribution in [0.1, 0.15) is 50.5 Å². The predicted molar refractivity (Wildman–Crippen MR) is 124 cm³/mol. The van der Waals surface area contributed by atoms with Crippen molar-refractivity contribution in [3.05, 3.63) is 66.1 Å². The molecule has 3 saturated heterocycles. The largest absolute Gasteiger partial charge is 0.467 e. The molecule has 2 aromatic rings. The van der Waals surface area contributed by atoms with E-state index in [0.717, 1.165) is 0 Å².